The first kappa shape index (κ1) is 10.3. The molecule has 2 N–H and O–H groups in total. The van der Waals surface area contributed by atoms with Crippen LogP contribution < -0.4 is 5.73 Å². The SMILES string of the molecule is Cc1nc(N)ccc1C1CCc2cccnc21. The Morgan fingerprint density at radius 1 is 1.29 bits per heavy atom. The fourth-order valence-corrected chi connectivity index (χ4v) is 2.67. The summed E-state index contributed by atoms with van der Waals surface area (Å²) in [6.45, 7) is 2.02. The Morgan fingerprint density at radius 3 is 3.00 bits per heavy atom. The molecule has 2 aromatic heterocycles. The van der Waals surface area contributed by atoms with Gasteiger partial charge in [-0.05, 0) is 43.0 Å². The first-order chi connectivity index (χ1) is 8.25. The second-order valence-electron chi connectivity index (χ2n) is 4.55. The summed E-state index contributed by atoms with van der Waals surface area (Å²) in [4.78, 5) is 8.86. The number of hydrogen-bond acceptors (Lipinski definition) is 3. The third kappa shape index (κ3) is 1.68. The fourth-order valence-electron chi connectivity index (χ4n) is 2.67. The summed E-state index contributed by atoms with van der Waals surface area (Å²) < 4.78 is 0. The van der Waals surface area contributed by atoms with Crippen LogP contribution in [0.5, 0.6) is 0 Å². The van der Waals surface area contributed by atoms with Crippen LogP contribution in [0.4, 0.5) is 5.82 Å². The molecule has 0 saturated heterocycles. The van der Waals surface area contributed by atoms with Gasteiger partial charge >= 0.3 is 0 Å². The number of anilines is 1. The van der Waals surface area contributed by atoms with Crippen molar-refractivity contribution >= 4 is 5.82 Å². The largest absolute Gasteiger partial charge is 0.384 e. The predicted molar refractivity (Wildman–Crippen MR) is 67.8 cm³/mol. The smallest absolute Gasteiger partial charge is 0.123 e. The monoisotopic (exact) mass is 225 g/mol. The predicted octanol–water partition coefficient (Wildman–Crippen LogP) is 2.45. The second kappa shape index (κ2) is 3.84. The van der Waals surface area contributed by atoms with E-state index < -0.39 is 0 Å². The van der Waals surface area contributed by atoms with Crippen LogP contribution in [0.1, 0.15) is 34.9 Å². The van der Waals surface area contributed by atoms with Crippen LogP contribution in [-0.4, -0.2) is 9.97 Å². The van der Waals surface area contributed by atoms with Crippen molar-refractivity contribution in [3.05, 3.63) is 53.0 Å². The summed E-state index contributed by atoms with van der Waals surface area (Å²) in [5.74, 6) is 0.977. The van der Waals surface area contributed by atoms with Crippen LogP contribution in [0.3, 0.4) is 0 Å². The summed E-state index contributed by atoms with van der Waals surface area (Å²) in [5.41, 5.74) is 10.6. The van der Waals surface area contributed by atoms with Crippen LogP contribution in [0.15, 0.2) is 30.5 Å². The van der Waals surface area contributed by atoms with Gasteiger partial charge in [-0.3, -0.25) is 4.98 Å². The van der Waals surface area contributed by atoms with Crippen molar-refractivity contribution in [2.24, 2.45) is 0 Å². The van der Waals surface area contributed by atoms with Crippen LogP contribution in [-0.2, 0) is 6.42 Å². The number of hydrogen-bond donors (Lipinski definition) is 1. The molecular formula is C14H15N3. The maximum atomic E-state index is 5.69. The molecule has 3 heteroatoms. The van der Waals surface area contributed by atoms with E-state index in [0.717, 1.165) is 18.5 Å². The van der Waals surface area contributed by atoms with Gasteiger partial charge in [0.05, 0.1) is 5.69 Å². The van der Waals surface area contributed by atoms with Gasteiger partial charge in [0.25, 0.3) is 0 Å². The highest BCUT2D eigenvalue weighted by Crippen LogP contribution is 2.37. The molecule has 2 heterocycles. The minimum Gasteiger partial charge on any atom is -0.384 e. The van der Waals surface area contributed by atoms with E-state index in [1.165, 1.54) is 16.8 Å². The average molecular weight is 225 g/mol. The van der Waals surface area contributed by atoms with Gasteiger partial charge in [0.2, 0.25) is 0 Å². The van der Waals surface area contributed by atoms with E-state index in [0.29, 0.717) is 11.7 Å². The van der Waals surface area contributed by atoms with Crippen molar-refractivity contribution in [1.82, 2.24) is 9.97 Å². The van der Waals surface area contributed by atoms with E-state index in [9.17, 15) is 0 Å². The van der Waals surface area contributed by atoms with Crippen molar-refractivity contribution in [3.63, 3.8) is 0 Å². The third-order valence-electron chi connectivity index (χ3n) is 3.48. The van der Waals surface area contributed by atoms with Crippen LogP contribution in [0, 0.1) is 6.92 Å². The molecule has 2 aromatic rings. The summed E-state index contributed by atoms with van der Waals surface area (Å²) in [5, 5.41) is 0. The van der Waals surface area contributed by atoms with Gasteiger partial charge in [-0.2, -0.15) is 0 Å². The standard InChI is InChI=1S/C14H15N3/c1-9-11(6-7-13(15)17-9)12-5-4-10-3-2-8-16-14(10)12/h2-3,6-8,12H,4-5H2,1H3,(H2,15,17). The van der Waals surface area contributed by atoms with Crippen LogP contribution in [0.25, 0.3) is 0 Å². The number of nitrogen functional groups attached to an aromatic ring is 1. The molecule has 0 saturated carbocycles. The number of nitrogens with zero attached hydrogens (tertiary/aromatic N) is 2. The van der Waals surface area contributed by atoms with E-state index in [-0.39, 0.29) is 0 Å². The molecule has 1 aliphatic carbocycles. The number of fused-ring (bicyclic) bond motifs is 1. The van der Waals surface area contributed by atoms with E-state index in [1.807, 2.05) is 25.3 Å². The lowest BCUT2D eigenvalue weighted by molar-refractivity contribution is 0.760. The Hall–Kier alpha value is -1.90. The van der Waals surface area contributed by atoms with Gasteiger partial charge in [0, 0.05) is 17.8 Å². The van der Waals surface area contributed by atoms with Crippen molar-refractivity contribution in [3.8, 4) is 0 Å². The Balaban J connectivity index is 2.07. The molecule has 3 nitrogen and oxygen atoms in total. The number of rotatable bonds is 1. The Kier molecular flexibility index (Phi) is 2.32. The summed E-state index contributed by atoms with van der Waals surface area (Å²) in [6, 6.07) is 8.15. The lowest BCUT2D eigenvalue weighted by Crippen LogP contribution is -2.04. The minimum absolute atomic E-state index is 0.388. The number of aromatic nitrogens is 2. The second-order valence-corrected chi connectivity index (χ2v) is 4.55. The number of aryl methyl sites for hydroxylation is 2. The molecular weight excluding hydrogens is 210 g/mol. The first-order valence-electron chi connectivity index (χ1n) is 5.92. The highest BCUT2D eigenvalue weighted by molar-refractivity contribution is 5.42. The van der Waals surface area contributed by atoms with Gasteiger partial charge in [-0.1, -0.05) is 12.1 Å². The third-order valence-corrected chi connectivity index (χ3v) is 3.48. The van der Waals surface area contributed by atoms with Crippen LogP contribution in [0.2, 0.25) is 0 Å². The highest BCUT2D eigenvalue weighted by Gasteiger charge is 2.26. The van der Waals surface area contributed by atoms with Gasteiger partial charge in [0.1, 0.15) is 5.82 Å². The molecule has 0 aliphatic heterocycles. The summed E-state index contributed by atoms with van der Waals surface area (Å²) in [7, 11) is 0. The first-order valence-corrected chi connectivity index (χ1v) is 5.92. The van der Waals surface area contributed by atoms with Crippen LogP contribution >= 0.6 is 0 Å². The number of pyridine rings is 2. The molecule has 86 valence electrons. The van der Waals surface area contributed by atoms with Crippen molar-refractivity contribution in [2.45, 2.75) is 25.7 Å². The lowest BCUT2D eigenvalue weighted by atomic mass is 9.95. The highest BCUT2D eigenvalue weighted by atomic mass is 14.8. The molecule has 0 radical (unpaired) electrons. The van der Waals surface area contributed by atoms with E-state index in [4.69, 9.17) is 5.73 Å². The van der Waals surface area contributed by atoms with Gasteiger partial charge in [0.15, 0.2) is 0 Å². The zero-order chi connectivity index (χ0) is 11.8. The summed E-state index contributed by atoms with van der Waals surface area (Å²) in [6.07, 6.45) is 4.10. The lowest BCUT2D eigenvalue weighted by Gasteiger charge is -2.13. The molecule has 0 spiro atoms. The average Bonchev–Trinajstić information content (AvgIpc) is 2.73. The quantitative estimate of drug-likeness (QED) is 0.811. The van der Waals surface area contributed by atoms with E-state index in [1.54, 1.807) is 0 Å². The Bertz CT molecular complexity index is 563. The Labute approximate surface area is 101 Å². The molecule has 0 amide bonds. The zero-order valence-corrected chi connectivity index (χ0v) is 9.85. The minimum atomic E-state index is 0.388. The fraction of sp³-hybridized carbons (Fsp3) is 0.286. The molecule has 0 bridgehead atoms. The van der Waals surface area contributed by atoms with Crippen molar-refractivity contribution < 1.29 is 0 Å². The molecule has 1 unspecified atom stereocenters. The molecule has 1 atom stereocenters. The molecule has 3 rings (SSSR count). The zero-order valence-electron chi connectivity index (χ0n) is 9.85. The van der Waals surface area contributed by atoms with E-state index >= 15 is 0 Å². The van der Waals surface area contributed by atoms with Gasteiger partial charge in [-0.15, -0.1) is 0 Å². The maximum absolute atomic E-state index is 5.69. The van der Waals surface area contributed by atoms with E-state index in [2.05, 4.69) is 22.1 Å². The van der Waals surface area contributed by atoms with Gasteiger partial charge in [-0.25, -0.2) is 4.98 Å². The topological polar surface area (TPSA) is 51.8 Å². The van der Waals surface area contributed by atoms with Crippen molar-refractivity contribution in [2.75, 3.05) is 5.73 Å². The maximum Gasteiger partial charge on any atom is 0.123 e. The van der Waals surface area contributed by atoms with Gasteiger partial charge < -0.3 is 5.73 Å². The molecule has 17 heavy (non-hydrogen) atoms. The summed E-state index contributed by atoms with van der Waals surface area (Å²) >= 11 is 0. The molecule has 0 aromatic carbocycles. The molecule has 0 fully saturated rings. The normalized spacial score (nSPS) is 18.1. The Morgan fingerprint density at radius 2 is 2.18 bits per heavy atom. The van der Waals surface area contributed by atoms with Crippen molar-refractivity contribution in [1.29, 1.82) is 0 Å². The molecule has 1 aliphatic rings. The number of nitrogens with two attached hydrogens (primary N) is 1.